The molecule has 27 heavy (non-hydrogen) atoms. The molecule has 1 amide bonds. The predicted molar refractivity (Wildman–Crippen MR) is 104 cm³/mol. The number of amides is 1. The summed E-state index contributed by atoms with van der Waals surface area (Å²) >= 11 is 0. The van der Waals surface area contributed by atoms with Crippen LogP contribution in [0.5, 0.6) is 11.5 Å². The lowest BCUT2D eigenvalue weighted by Crippen LogP contribution is -2.27. The Balaban J connectivity index is 1.82. The Morgan fingerprint density at radius 3 is 2.63 bits per heavy atom. The second-order valence-corrected chi connectivity index (χ2v) is 6.30. The van der Waals surface area contributed by atoms with E-state index in [1.807, 2.05) is 50.2 Å². The van der Waals surface area contributed by atoms with Crippen molar-refractivity contribution in [3.8, 4) is 22.6 Å². The van der Waals surface area contributed by atoms with E-state index in [9.17, 15) is 4.79 Å². The van der Waals surface area contributed by atoms with Crippen LogP contribution in [-0.2, 0) is 0 Å². The third-order valence-electron chi connectivity index (χ3n) is 4.53. The van der Waals surface area contributed by atoms with Gasteiger partial charge in [-0.05, 0) is 49.2 Å². The Kier molecular flexibility index (Phi) is 5.45. The normalized spacial score (nSPS) is 11.7. The predicted octanol–water partition coefficient (Wildman–Crippen LogP) is 3.89. The van der Waals surface area contributed by atoms with Crippen LogP contribution in [-0.4, -0.2) is 30.3 Å². The van der Waals surface area contributed by atoms with Crippen LogP contribution >= 0.6 is 0 Å². The molecule has 2 N–H and O–H groups in total. The van der Waals surface area contributed by atoms with Gasteiger partial charge in [0.05, 0.1) is 32.0 Å². The number of carbonyl (C=O) groups excluding carboxylic acids is 1. The van der Waals surface area contributed by atoms with Gasteiger partial charge in [0.2, 0.25) is 0 Å². The lowest BCUT2D eigenvalue weighted by atomic mass is 10.0. The first kappa shape index (κ1) is 18.5. The third kappa shape index (κ3) is 3.95. The van der Waals surface area contributed by atoms with E-state index in [-0.39, 0.29) is 11.9 Å². The molecule has 6 heteroatoms. The van der Waals surface area contributed by atoms with E-state index in [4.69, 9.17) is 9.47 Å². The van der Waals surface area contributed by atoms with Crippen LogP contribution in [0, 0.1) is 6.92 Å². The molecule has 0 bridgehead atoms. The van der Waals surface area contributed by atoms with Crippen molar-refractivity contribution in [2.24, 2.45) is 0 Å². The van der Waals surface area contributed by atoms with Crippen LogP contribution < -0.4 is 14.8 Å². The number of nitrogens with one attached hydrogen (secondary N) is 2. The Hall–Kier alpha value is -3.28. The number of rotatable bonds is 6. The molecule has 3 aromatic rings. The Bertz CT molecular complexity index is 949. The largest absolute Gasteiger partial charge is 0.497 e. The summed E-state index contributed by atoms with van der Waals surface area (Å²) in [4.78, 5) is 12.8. The summed E-state index contributed by atoms with van der Waals surface area (Å²) in [5, 5.41) is 9.97. The molecule has 1 unspecified atom stereocenters. The van der Waals surface area contributed by atoms with Gasteiger partial charge in [-0.25, -0.2) is 0 Å². The molecule has 0 radical (unpaired) electrons. The number of aromatic nitrogens is 2. The number of carbonyl (C=O) groups is 1. The van der Waals surface area contributed by atoms with Gasteiger partial charge < -0.3 is 14.8 Å². The number of aryl methyl sites for hydroxylation is 1. The summed E-state index contributed by atoms with van der Waals surface area (Å²) in [5.41, 5.74) is 4.32. The van der Waals surface area contributed by atoms with Crippen molar-refractivity contribution < 1.29 is 14.3 Å². The van der Waals surface area contributed by atoms with E-state index in [2.05, 4.69) is 15.5 Å². The summed E-state index contributed by atoms with van der Waals surface area (Å²) in [6.45, 7) is 3.88. The van der Waals surface area contributed by atoms with Gasteiger partial charge in [-0.2, -0.15) is 5.10 Å². The molecule has 0 aliphatic rings. The van der Waals surface area contributed by atoms with Gasteiger partial charge in [0, 0.05) is 11.3 Å². The highest BCUT2D eigenvalue weighted by atomic mass is 16.5. The van der Waals surface area contributed by atoms with Crippen LogP contribution in [0.15, 0.2) is 48.7 Å². The first-order valence-corrected chi connectivity index (χ1v) is 8.66. The Morgan fingerprint density at radius 1 is 1.15 bits per heavy atom. The molecule has 3 rings (SSSR count). The number of benzene rings is 2. The zero-order chi connectivity index (χ0) is 19.4. The molecule has 0 saturated carbocycles. The zero-order valence-electron chi connectivity index (χ0n) is 15.9. The number of aromatic amines is 1. The van der Waals surface area contributed by atoms with Gasteiger partial charge in [-0.15, -0.1) is 0 Å². The number of ether oxygens (including phenoxy) is 2. The van der Waals surface area contributed by atoms with Crippen molar-refractivity contribution in [3.63, 3.8) is 0 Å². The topological polar surface area (TPSA) is 76.2 Å². The van der Waals surface area contributed by atoms with Crippen LogP contribution in [0.25, 0.3) is 11.1 Å². The first-order chi connectivity index (χ1) is 13.0. The number of H-pyrrole nitrogens is 1. The van der Waals surface area contributed by atoms with Gasteiger partial charge in [0.1, 0.15) is 11.5 Å². The molecule has 2 aromatic carbocycles. The molecular formula is C21H23N3O3. The molecule has 0 fully saturated rings. The maximum Gasteiger partial charge on any atom is 0.255 e. The molecule has 1 aromatic heterocycles. The van der Waals surface area contributed by atoms with Gasteiger partial charge in [-0.1, -0.05) is 18.2 Å². The van der Waals surface area contributed by atoms with Gasteiger partial charge in [0.15, 0.2) is 0 Å². The van der Waals surface area contributed by atoms with E-state index in [1.165, 1.54) is 0 Å². The second-order valence-electron chi connectivity index (χ2n) is 6.30. The summed E-state index contributed by atoms with van der Waals surface area (Å²) in [5.74, 6) is 1.08. The Morgan fingerprint density at radius 2 is 1.96 bits per heavy atom. The molecule has 6 nitrogen and oxygen atoms in total. The number of hydrogen-bond acceptors (Lipinski definition) is 4. The van der Waals surface area contributed by atoms with E-state index >= 15 is 0 Å². The van der Waals surface area contributed by atoms with Crippen molar-refractivity contribution in [2.75, 3.05) is 14.2 Å². The summed E-state index contributed by atoms with van der Waals surface area (Å²) in [7, 11) is 3.18. The van der Waals surface area contributed by atoms with Crippen LogP contribution in [0.2, 0.25) is 0 Å². The smallest absolute Gasteiger partial charge is 0.255 e. The van der Waals surface area contributed by atoms with Crippen molar-refractivity contribution in [1.82, 2.24) is 15.5 Å². The molecule has 0 saturated heterocycles. The minimum Gasteiger partial charge on any atom is -0.497 e. The fourth-order valence-electron chi connectivity index (χ4n) is 2.96. The fourth-order valence-corrected chi connectivity index (χ4v) is 2.96. The van der Waals surface area contributed by atoms with Crippen molar-refractivity contribution in [2.45, 2.75) is 19.9 Å². The third-order valence-corrected chi connectivity index (χ3v) is 4.53. The highest BCUT2D eigenvalue weighted by Crippen LogP contribution is 2.29. The molecule has 0 aliphatic carbocycles. The number of nitrogens with zero attached hydrogens (tertiary/aromatic N) is 1. The van der Waals surface area contributed by atoms with E-state index in [1.54, 1.807) is 26.5 Å². The minimum atomic E-state index is -0.197. The maximum absolute atomic E-state index is 12.8. The van der Waals surface area contributed by atoms with Gasteiger partial charge in [-0.3, -0.25) is 9.89 Å². The average Bonchev–Trinajstić information content (AvgIpc) is 3.13. The molecule has 1 atom stereocenters. The van der Waals surface area contributed by atoms with Crippen LogP contribution in [0.3, 0.4) is 0 Å². The van der Waals surface area contributed by atoms with Gasteiger partial charge >= 0.3 is 0 Å². The van der Waals surface area contributed by atoms with Crippen molar-refractivity contribution >= 4 is 5.91 Å². The van der Waals surface area contributed by atoms with E-state index in [0.29, 0.717) is 11.3 Å². The lowest BCUT2D eigenvalue weighted by molar-refractivity contribution is 0.0937. The Labute approximate surface area is 158 Å². The molecule has 1 heterocycles. The standard InChI is InChI=1S/C21H23N3O3/c1-13(15-6-5-7-17(10-15)26-3)23-21(25)18-9-8-16(11-20(18)27-4)19-12-22-24-14(19)2/h5-13H,1-4H3,(H,22,24)(H,23,25). The summed E-state index contributed by atoms with van der Waals surface area (Å²) in [6, 6.07) is 13.0. The van der Waals surface area contributed by atoms with E-state index < -0.39 is 0 Å². The highest BCUT2D eigenvalue weighted by molar-refractivity contribution is 5.98. The van der Waals surface area contributed by atoms with Crippen LogP contribution in [0.1, 0.15) is 34.6 Å². The molecule has 0 spiro atoms. The number of methoxy groups -OCH3 is 2. The minimum absolute atomic E-state index is 0.173. The van der Waals surface area contributed by atoms with E-state index in [0.717, 1.165) is 28.1 Å². The fraction of sp³-hybridized carbons (Fsp3) is 0.238. The maximum atomic E-state index is 12.8. The lowest BCUT2D eigenvalue weighted by Gasteiger charge is -2.17. The SMILES string of the molecule is COc1cccc(C(C)NC(=O)c2ccc(-c3cn[nH]c3C)cc2OC)c1. The van der Waals surface area contributed by atoms with Crippen molar-refractivity contribution in [1.29, 1.82) is 0 Å². The van der Waals surface area contributed by atoms with Gasteiger partial charge in [0.25, 0.3) is 5.91 Å². The quantitative estimate of drug-likeness (QED) is 0.695. The summed E-state index contributed by atoms with van der Waals surface area (Å²) < 4.78 is 10.7. The highest BCUT2D eigenvalue weighted by Gasteiger charge is 2.17. The first-order valence-electron chi connectivity index (χ1n) is 8.66. The molecular weight excluding hydrogens is 342 g/mol. The molecule has 0 aliphatic heterocycles. The monoisotopic (exact) mass is 365 g/mol. The number of hydrogen-bond donors (Lipinski definition) is 2. The zero-order valence-corrected chi connectivity index (χ0v) is 15.9. The summed E-state index contributed by atoms with van der Waals surface area (Å²) in [6.07, 6.45) is 1.76. The second kappa shape index (κ2) is 7.95. The van der Waals surface area contributed by atoms with Crippen molar-refractivity contribution in [3.05, 3.63) is 65.5 Å². The average molecular weight is 365 g/mol. The molecule has 140 valence electrons. The van der Waals surface area contributed by atoms with Crippen LogP contribution in [0.4, 0.5) is 0 Å².